The van der Waals surface area contributed by atoms with Crippen molar-refractivity contribution in [2.24, 2.45) is 0 Å². The lowest BCUT2D eigenvalue weighted by molar-refractivity contribution is -0.138. The molecule has 2 aromatic rings. The molecule has 0 unspecified atom stereocenters. The number of aryl methyl sites for hydroxylation is 1. The van der Waals surface area contributed by atoms with Crippen LogP contribution in [0.4, 0.5) is 29.3 Å². The molecule has 4 rings (SSSR count). The maximum absolute atomic E-state index is 13.3. The number of anilines is 2. The first kappa shape index (κ1) is 24.2. The highest BCUT2D eigenvalue weighted by Gasteiger charge is 2.35. The molecule has 34 heavy (non-hydrogen) atoms. The minimum Gasteiger partial charge on any atom is -0.493 e. The minimum atomic E-state index is -4.47. The molecule has 0 aromatic heterocycles. The number of piperidine rings is 1. The molecule has 6 nitrogen and oxygen atoms in total. The van der Waals surface area contributed by atoms with Gasteiger partial charge >= 0.3 is 12.2 Å². The SMILES string of the molecule is COc1ccc(N2CCN(c3ccc(C)c(C(F)(F)F)c3)C2=O)cc1OCCN1CCCCC1. The Labute approximate surface area is 197 Å². The van der Waals surface area contributed by atoms with Crippen molar-refractivity contribution < 1.29 is 27.4 Å². The molecule has 2 aromatic carbocycles. The van der Waals surface area contributed by atoms with Gasteiger partial charge in [0.15, 0.2) is 11.5 Å². The lowest BCUT2D eigenvalue weighted by atomic mass is 10.1. The molecule has 2 aliphatic rings. The highest BCUT2D eigenvalue weighted by molar-refractivity contribution is 6.06. The van der Waals surface area contributed by atoms with Crippen LogP contribution in [-0.4, -0.2) is 57.4 Å². The van der Waals surface area contributed by atoms with Crippen molar-refractivity contribution >= 4 is 17.4 Å². The summed E-state index contributed by atoms with van der Waals surface area (Å²) in [6, 6.07) is 8.88. The summed E-state index contributed by atoms with van der Waals surface area (Å²) in [6.07, 6.45) is -0.789. The monoisotopic (exact) mass is 477 g/mol. The number of ether oxygens (including phenoxy) is 2. The number of rotatable bonds is 7. The highest BCUT2D eigenvalue weighted by atomic mass is 19.4. The number of carbonyl (C=O) groups excluding carboxylic acids is 1. The van der Waals surface area contributed by atoms with Gasteiger partial charge in [-0.05, 0) is 62.7 Å². The Morgan fingerprint density at radius 3 is 2.18 bits per heavy atom. The molecule has 9 heteroatoms. The first-order valence-electron chi connectivity index (χ1n) is 11.6. The molecule has 2 saturated heterocycles. The predicted molar refractivity (Wildman–Crippen MR) is 125 cm³/mol. The van der Waals surface area contributed by atoms with Gasteiger partial charge in [-0.15, -0.1) is 0 Å². The van der Waals surface area contributed by atoms with Gasteiger partial charge in [0, 0.05) is 37.1 Å². The van der Waals surface area contributed by atoms with E-state index in [4.69, 9.17) is 9.47 Å². The van der Waals surface area contributed by atoms with Crippen molar-refractivity contribution in [2.45, 2.75) is 32.4 Å². The Morgan fingerprint density at radius 1 is 0.882 bits per heavy atom. The Morgan fingerprint density at radius 2 is 1.53 bits per heavy atom. The summed E-state index contributed by atoms with van der Waals surface area (Å²) in [5.74, 6) is 1.11. The average molecular weight is 478 g/mol. The summed E-state index contributed by atoms with van der Waals surface area (Å²) in [6.45, 7) is 5.53. The molecule has 0 atom stereocenters. The van der Waals surface area contributed by atoms with E-state index >= 15 is 0 Å². The van der Waals surface area contributed by atoms with Crippen molar-refractivity contribution in [3.8, 4) is 11.5 Å². The number of benzene rings is 2. The van der Waals surface area contributed by atoms with E-state index in [9.17, 15) is 18.0 Å². The maximum atomic E-state index is 13.3. The van der Waals surface area contributed by atoms with Crippen molar-refractivity contribution in [1.82, 2.24) is 4.90 Å². The van der Waals surface area contributed by atoms with Crippen LogP contribution in [-0.2, 0) is 6.18 Å². The third-order valence-electron chi connectivity index (χ3n) is 6.42. The third-order valence-corrected chi connectivity index (χ3v) is 6.42. The number of halogens is 3. The minimum absolute atomic E-state index is 0.126. The summed E-state index contributed by atoms with van der Waals surface area (Å²) in [5, 5.41) is 0. The van der Waals surface area contributed by atoms with Crippen molar-refractivity contribution in [1.29, 1.82) is 0 Å². The second-order valence-electron chi connectivity index (χ2n) is 8.67. The topological polar surface area (TPSA) is 45.3 Å². The van der Waals surface area contributed by atoms with Gasteiger partial charge in [0.1, 0.15) is 6.61 Å². The second-order valence-corrected chi connectivity index (χ2v) is 8.67. The van der Waals surface area contributed by atoms with E-state index in [1.54, 1.807) is 36.3 Å². The van der Waals surface area contributed by atoms with Gasteiger partial charge in [-0.25, -0.2) is 4.79 Å². The van der Waals surface area contributed by atoms with Gasteiger partial charge in [0.2, 0.25) is 0 Å². The molecule has 0 spiro atoms. The van der Waals surface area contributed by atoms with Crippen LogP contribution in [0.5, 0.6) is 11.5 Å². The van der Waals surface area contributed by atoms with Gasteiger partial charge in [-0.1, -0.05) is 12.5 Å². The zero-order valence-corrected chi connectivity index (χ0v) is 19.5. The third kappa shape index (κ3) is 5.24. The maximum Gasteiger partial charge on any atom is 0.416 e. The number of carbonyl (C=O) groups is 1. The summed E-state index contributed by atoms with van der Waals surface area (Å²) in [4.78, 5) is 18.4. The number of nitrogens with zero attached hydrogens (tertiary/aromatic N) is 3. The van der Waals surface area contributed by atoms with Crippen LogP contribution in [0.25, 0.3) is 0 Å². The molecule has 2 aliphatic heterocycles. The van der Waals surface area contributed by atoms with Gasteiger partial charge in [-0.3, -0.25) is 14.7 Å². The van der Waals surface area contributed by atoms with Gasteiger partial charge < -0.3 is 9.47 Å². The summed E-state index contributed by atoms with van der Waals surface area (Å²) < 4.78 is 51.5. The van der Waals surface area contributed by atoms with E-state index in [0.29, 0.717) is 30.3 Å². The zero-order valence-electron chi connectivity index (χ0n) is 19.5. The Bertz CT molecular complexity index is 1020. The first-order chi connectivity index (χ1) is 16.3. The van der Waals surface area contributed by atoms with E-state index in [-0.39, 0.29) is 23.8 Å². The first-order valence-corrected chi connectivity index (χ1v) is 11.6. The van der Waals surface area contributed by atoms with E-state index in [0.717, 1.165) is 25.7 Å². The number of likely N-dealkylation sites (tertiary alicyclic amines) is 1. The van der Waals surface area contributed by atoms with Crippen molar-refractivity contribution in [3.63, 3.8) is 0 Å². The van der Waals surface area contributed by atoms with Gasteiger partial charge in [0.25, 0.3) is 0 Å². The molecule has 0 N–H and O–H groups in total. The van der Waals surface area contributed by atoms with Crippen LogP contribution in [0.3, 0.4) is 0 Å². The molecule has 2 heterocycles. The van der Waals surface area contributed by atoms with Gasteiger partial charge in [0.05, 0.1) is 12.7 Å². The fourth-order valence-electron chi connectivity index (χ4n) is 4.51. The molecule has 0 radical (unpaired) electrons. The fraction of sp³-hybridized carbons (Fsp3) is 0.480. The lowest BCUT2D eigenvalue weighted by Gasteiger charge is -2.26. The smallest absolute Gasteiger partial charge is 0.416 e. The van der Waals surface area contributed by atoms with Crippen LogP contribution >= 0.6 is 0 Å². The average Bonchev–Trinajstić information content (AvgIpc) is 3.20. The van der Waals surface area contributed by atoms with Crippen LogP contribution in [0.2, 0.25) is 0 Å². The number of hydrogen-bond donors (Lipinski definition) is 0. The Hall–Kier alpha value is -2.94. The number of hydrogen-bond acceptors (Lipinski definition) is 4. The summed E-state index contributed by atoms with van der Waals surface area (Å²) in [5.41, 5.74) is 0.243. The van der Waals surface area contributed by atoms with Crippen molar-refractivity contribution in [3.05, 3.63) is 47.5 Å². The van der Waals surface area contributed by atoms with E-state index in [1.807, 2.05) is 0 Å². The van der Waals surface area contributed by atoms with Crippen molar-refractivity contribution in [2.75, 3.05) is 56.2 Å². The molecule has 2 amide bonds. The number of methoxy groups -OCH3 is 1. The normalized spacial score (nSPS) is 17.4. The standard InChI is InChI=1S/C25H30F3N3O3/c1-18-6-7-19(16-21(18)25(26,27)28)30-12-13-31(24(30)32)20-8-9-22(33-2)23(17-20)34-15-14-29-10-4-3-5-11-29/h6-9,16-17H,3-5,10-15H2,1-2H3. The number of amides is 2. The number of alkyl halides is 3. The van der Waals surface area contributed by atoms with Crippen LogP contribution in [0.15, 0.2) is 36.4 Å². The second kappa shape index (κ2) is 10.1. The summed E-state index contributed by atoms with van der Waals surface area (Å²) in [7, 11) is 1.56. The van der Waals surface area contributed by atoms with Crippen LogP contribution in [0.1, 0.15) is 30.4 Å². The number of urea groups is 1. The molecular formula is C25H30F3N3O3. The zero-order chi connectivity index (χ0) is 24.3. The summed E-state index contributed by atoms with van der Waals surface area (Å²) >= 11 is 0. The molecule has 0 saturated carbocycles. The molecule has 184 valence electrons. The molecule has 0 aliphatic carbocycles. The van der Waals surface area contributed by atoms with E-state index in [2.05, 4.69) is 4.90 Å². The molecule has 2 fully saturated rings. The van der Waals surface area contributed by atoms with Crippen LogP contribution in [0, 0.1) is 6.92 Å². The highest BCUT2D eigenvalue weighted by Crippen LogP contribution is 2.37. The van der Waals surface area contributed by atoms with Crippen LogP contribution < -0.4 is 19.3 Å². The Balaban J connectivity index is 1.48. The van der Waals surface area contributed by atoms with Gasteiger partial charge in [-0.2, -0.15) is 13.2 Å². The lowest BCUT2D eigenvalue weighted by Crippen LogP contribution is -2.33. The van der Waals surface area contributed by atoms with E-state index < -0.39 is 11.7 Å². The predicted octanol–water partition coefficient (Wildman–Crippen LogP) is 5.33. The molecule has 0 bridgehead atoms. The quantitative estimate of drug-likeness (QED) is 0.541. The van der Waals surface area contributed by atoms with E-state index in [1.165, 1.54) is 37.2 Å². The molecular weight excluding hydrogens is 447 g/mol. The fourth-order valence-corrected chi connectivity index (χ4v) is 4.51. The Kier molecular flexibility index (Phi) is 7.21. The largest absolute Gasteiger partial charge is 0.493 e.